The highest BCUT2D eigenvalue weighted by Crippen LogP contribution is 2.08. The summed E-state index contributed by atoms with van der Waals surface area (Å²) < 4.78 is 0.892. The molecule has 0 aliphatic heterocycles. The monoisotopic (exact) mass is 247 g/mol. The zero-order chi connectivity index (χ0) is 8.81. The number of pyridine rings is 1. The average Bonchev–Trinajstić information content (AvgIpc) is 2.09. The summed E-state index contributed by atoms with van der Waals surface area (Å²) >= 11 is 8.86. The molecule has 0 aliphatic rings. The van der Waals surface area contributed by atoms with Crippen molar-refractivity contribution in [3.05, 3.63) is 28.5 Å². The lowest BCUT2D eigenvalue weighted by Gasteiger charge is -1.98. The Kier molecular flexibility index (Phi) is 4.62. The number of unbranched alkanes of at least 4 members (excludes halogenated alkanes) is 1. The van der Waals surface area contributed by atoms with E-state index >= 15 is 0 Å². The number of hydrogen-bond acceptors (Lipinski definition) is 1. The minimum atomic E-state index is 0.754. The summed E-state index contributed by atoms with van der Waals surface area (Å²) in [6.07, 6.45) is 5.20. The van der Waals surface area contributed by atoms with Crippen LogP contribution in [0.15, 0.2) is 22.9 Å². The van der Waals surface area contributed by atoms with Gasteiger partial charge in [0.25, 0.3) is 0 Å². The Morgan fingerprint density at radius 1 is 1.33 bits per heavy atom. The Hall–Kier alpha value is -0.0800. The molecule has 0 aliphatic carbocycles. The fourth-order valence-corrected chi connectivity index (χ4v) is 1.40. The number of rotatable bonds is 4. The molecule has 66 valence electrons. The fourth-order valence-electron chi connectivity index (χ4n) is 0.978. The smallest absolute Gasteiger partial charge is 0.106 e. The van der Waals surface area contributed by atoms with Crippen LogP contribution in [0.2, 0.25) is 0 Å². The molecule has 12 heavy (non-hydrogen) atoms. The lowest BCUT2D eigenvalue weighted by atomic mass is 10.1. The molecule has 0 unspecified atom stereocenters. The summed E-state index contributed by atoms with van der Waals surface area (Å²) in [6.45, 7) is 0. The Bertz CT molecular complexity index is 222. The first kappa shape index (κ1) is 10.0. The summed E-state index contributed by atoms with van der Waals surface area (Å²) in [6, 6.07) is 4.06. The van der Waals surface area contributed by atoms with E-state index in [0.29, 0.717) is 0 Å². The number of hydrogen-bond donors (Lipinski definition) is 0. The van der Waals surface area contributed by atoms with Crippen molar-refractivity contribution in [3.63, 3.8) is 0 Å². The van der Waals surface area contributed by atoms with Crippen molar-refractivity contribution in [3.8, 4) is 0 Å². The first-order valence-corrected chi connectivity index (χ1v) is 5.32. The second-order valence-electron chi connectivity index (χ2n) is 2.64. The van der Waals surface area contributed by atoms with Gasteiger partial charge in [-0.1, -0.05) is 6.07 Å². The molecule has 3 heteroatoms. The predicted molar refractivity (Wildman–Crippen MR) is 55.6 cm³/mol. The molecular formula is C9H11BrClN. The molecule has 0 radical (unpaired) electrons. The van der Waals surface area contributed by atoms with Gasteiger partial charge in [-0.25, -0.2) is 4.98 Å². The van der Waals surface area contributed by atoms with Gasteiger partial charge in [-0.2, -0.15) is 0 Å². The molecule has 0 spiro atoms. The van der Waals surface area contributed by atoms with Gasteiger partial charge in [0.2, 0.25) is 0 Å². The highest BCUT2D eigenvalue weighted by Gasteiger charge is 1.93. The molecule has 0 atom stereocenters. The van der Waals surface area contributed by atoms with Crippen LogP contribution < -0.4 is 0 Å². The molecule has 1 rings (SSSR count). The summed E-state index contributed by atoms with van der Waals surface area (Å²) in [5.41, 5.74) is 1.28. The number of aryl methyl sites for hydroxylation is 1. The molecule has 0 aromatic carbocycles. The average molecular weight is 249 g/mol. The SMILES string of the molecule is ClCCCCc1ccc(Br)nc1. The highest BCUT2D eigenvalue weighted by molar-refractivity contribution is 9.10. The van der Waals surface area contributed by atoms with Gasteiger partial charge in [0, 0.05) is 12.1 Å². The zero-order valence-electron chi connectivity index (χ0n) is 6.76. The number of aromatic nitrogens is 1. The van der Waals surface area contributed by atoms with Crippen molar-refractivity contribution in [2.75, 3.05) is 5.88 Å². The maximum absolute atomic E-state index is 5.57. The van der Waals surface area contributed by atoms with Crippen LogP contribution >= 0.6 is 27.5 Å². The summed E-state index contributed by atoms with van der Waals surface area (Å²) in [4.78, 5) is 4.14. The number of alkyl halides is 1. The van der Waals surface area contributed by atoms with Crippen molar-refractivity contribution in [1.82, 2.24) is 4.98 Å². The number of halogens is 2. The maximum atomic E-state index is 5.57. The Labute approximate surface area is 86.3 Å². The van der Waals surface area contributed by atoms with E-state index in [9.17, 15) is 0 Å². The topological polar surface area (TPSA) is 12.9 Å². The standard InChI is InChI=1S/C9H11BrClN/c10-9-5-4-8(7-12-9)3-1-2-6-11/h4-5,7H,1-3,6H2. The zero-order valence-corrected chi connectivity index (χ0v) is 9.11. The second-order valence-corrected chi connectivity index (χ2v) is 3.83. The van der Waals surface area contributed by atoms with Gasteiger partial charge in [0.05, 0.1) is 0 Å². The number of nitrogens with zero attached hydrogens (tertiary/aromatic N) is 1. The third-order valence-electron chi connectivity index (χ3n) is 1.64. The van der Waals surface area contributed by atoms with E-state index in [1.54, 1.807) is 0 Å². The van der Waals surface area contributed by atoms with Gasteiger partial charge < -0.3 is 0 Å². The van der Waals surface area contributed by atoms with Gasteiger partial charge in [0.1, 0.15) is 4.60 Å². The van der Waals surface area contributed by atoms with Crippen LogP contribution in [0.25, 0.3) is 0 Å². The second kappa shape index (κ2) is 5.55. The molecule has 1 heterocycles. The molecular weight excluding hydrogens is 237 g/mol. The molecule has 0 N–H and O–H groups in total. The predicted octanol–water partition coefficient (Wildman–Crippen LogP) is 3.41. The van der Waals surface area contributed by atoms with Crippen LogP contribution in [-0.4, -0.2) is 10.9 Å². The molecule has 0 saturated heterocycles. The Balaban J connectivity index is 2.37. The van der Waals surface area contributed by atoms with Gasteiger partial charge in [-0.3, -0.25) is 0 Å². The third kappa shape index (κ3) is 3.55. The lowest BCUT2D eigenvalue weighted by Crippen LogP contribution is -1.87. The summed E-state index contributed by atoms with van der Waals surface area (Å²) in [5, 5.41) is 0. The highest BCUT2D eigenvalue weighted by atomic mass is 79.9. The van der Waals surface area contributed by atoms with Crippen LogP contribution in [0.1, 0.15) is 18.4 Å². The minimum Gasteiger partial charge on any atom is -0.249 e. The van der Waals surface area contributed by atoms with E-state index in [1.165, 1.54) is 5.56 Å². The van der Waals surface area contributed by atoms with Crippen molar-refractivity contribution in [2.24, 2.45) is 0 Å². The van der Waals surface area contributed by atoms with E-state index in [0.717, 1.165) is 29.7 Å². The van der Waals surface area contributed by atoms with E-state index in [1.807, 2.05) is 12.3 Å². The summed E-state index contributed by atoms with van der Waals surface area (Å²) in [7, 11) is 0. The fraction of sp³-hybridized carbons (Fsp3) is 0.444. The van der Waals surface area contributed by atoms with Crippen LogP contribution in [-0.2, 0) is 6.42 Å². The Morgan fingerprint density at radius 2 is 2.17 bits per heavy atom. The molecule has 0 saturated carbocycles. The van der Waals surface area contributed by atoms with Crippen molar-refractivity contribution in [2.45, 2.75) is 19.3 Å². The molecule has 0 bridgehead atoms. The van der Waals surface area contributed by atoms with E-state index in [-0.39, 0.29) is 0 Å². The minimum absolute atomic E-state index is 0.754. The normalized spacial score (nSPS) is 10.2. The van der Waals surface area contributed by atoms with Crippen molar-refractivity contribution >= 4 is 27.5 Å². The van der Waals surface area contributed by atoms with E-state index < -0.39 is 0 Å². The van der Waals surface area contributed by atoms with E-state index in [4.69, 9.17) is 11.6 Å². The third-order valence-corrected chi connectivity index (χ3v) is 2.37. The van der Waals surface area contributed by atoms with Crippen LogP contribution in [0, 0.1) is 0 Å². The van der Waals surface area contributed by atoms with Crippen LogP contribution in [0.5, 0.6) is 0 Å². The maximum Gasteiger partial charge on any atom is 0.106 e. The van der Waals surface area contributed by atoms with Crippen LogP contribution in [0.3, 0.4) is 0 Å². The molecule has 0 fully saturated rings. The van der Waals surface area contributed by atoms with Gasteiger partial charge >= 0.3 is 0 Å². The first-order chi connectivity index (χ1) is 5.83. The first-order valence-electron chi connectivity index (χ1n) is 3.99. The Morgan fingerprint density at radius 3 is 2.75 bits per heavy atom. The molecule has 1 aromatic heterocycles. The molecule has 1 aromatic rings. The quantitative estimate of drug-likeness (QED) is 0.452. The van der Waals surface area contributed by atoms with Gasteiger partial charge in [0.15, 0.2) is 0 Å². The molecule has 1 nitrogen and oxygen atoms in total. The van der Waals surface area contributed by atoms with E-state index in [2.05, 4.69) is 27.0 Å². The van der Waals surface area contributed by atoms with Crippen LogP contribution in [0.4, 0.5) is 0 Å². The summed E-state index contributed by atoms with van der Waals surface area (Å²) in [5.74, 6) is 0.754. The molecule has 0 amide bonds. The van der Waals surface area contributed by atoms with Gasteiger partial charge in [-0.05, 0) is 46.8 Å². The largest absolute Gasteiger partial charge is 0.249 e. The van der Waals surface area contributed by atoms with Gasteiger partial charge in [-0.15, -0.1) is 11.6 Å². The van der Waals surface area contributed by atoms with Crippen molar-refractivity contribution in [1.29, 1.82) is 0 Å². The lowest BCUT2D eigenvalue weighted by molar-refractivity contribution is 0.796. The van der Waals surface area contributed by atoms with Crippen molar-refractivity contribution < 1.29 is 0 Å².